The Balaban J connectivity index is 0.00000180. The first-order valence-electron chi connectivity index (χ1n) is 10.5. The standard InChI is InChI=1S/C22H31N3O.HI/c1-2-23-20(24-15-21(12-13-21)16-7-4-3-5-8-16)25-18-17-9-14-26-19(17)22(18)10-6-11-22;/h3-5,7-8,17-19H,2,6,9-15H2,1H3,(H2,23,24,25);1H. The third kappa shape index (κ3) is 3.18. The van der Waals surface area contributed by atoms with Crippen LogP contribution in [-0.2, 0) is 10.2 Å². The Morgan fingerprint density at radius 1 is 1.19 bits per heavy atom. The Bertz CT molecular complexity index is 684. The number of fused-ring (bicyclic) bond motifs is 2. The molecule has 1 aromatic rings. The van der Waals surface area contributed by atoms with E-state index in [1.165, 1.54) is 44.1 Å². The molecule has 3 saturated carbocycles. The van der Waals surface area contributed by atoms with Gasteiger partial charge in [-0.05, 0) is 44.6 Å². The molecular weight excluding hydrogens is 449 g/mol. The van der Waals surface area contributed by atoms with Crippen LogP contribution in [0.5, 0.6) is 0 Å². The molecule has 3 aliphatic carbocycles. The van der Waals surface area contributed by atoms with Crippen molar-refractivity contribution in [3.05, 3.63) is 35.9 Å². The minimum absolute atomic E-state index is 0. The zero-order valence-electron chi connectivity index (χ0n) is 16.2. The molecule has 27 heavy (non-hydrogen) atoms. The predicted octanol–water partition coefficient (Wildman–Crippen LogP) is 3.85. The van der Waals surface area contributed by atoms with Crippen molar-refractivity contribution in [1.29, 1.82) is 0 Å². The molecule has 3 unspecified atom stereocenters. The van der Waals surface area contributed by atoms with Crippen LogP contribution < -0.4 is 10.6 Å². The summed E-state index contributed by atoms with van der Waals surface area (Å²) in [5, 5.41) is 7.33. The Morgan fingerprint density at radius 2 is 1.96 bits per heavy atom. The molecule has 1 aromatic carbocycles. The van der Waals surface area contributed by atoms with Gasteiger partial charge in [0.25, 0.3) is 0 Å². The number of nitrogens with one attached hydrogen (secondary N) is 2. The number of hydrogen-bond donors (Lipinski definition) is 2. The number of halogens is 1. The first-order valence-corrected chi connectivity index (χ1v) is 10.5. The van der Waals surface area contributed by atoms with Gasteiger partial charge in [0.1, 0.15) is 0 Å². The Labute approximate surface area is 179 Å². The summed E-state index contributed by atoms with van der Waals surface area (Å²) in [4.78, 5) is 5.04. The zero-order valence-corrected chi connectivity index (χ0v) is 18.6. The fourth-order valence-electron chi connectivity index (χ4n) is 5.63. The van der Waals surface area contributed by atoms with Gasteiger partial charge in [-0.25, -0.2) is 0 Å². The SMILES string of the molecule is CCNC(=NCC1(c2ccccc2)CC1)NC1C2CCOC2C12CCC2.I. The molecule has 0 radical (unpaired) electrons. The average Bonchev–Trinajstić information content (AvgIpc) is 3.30. The van der Waals surface area contributed by atoms with E-state index in [-0.39, 0.29) is 29.4 Å². The van der Waals surface area contributed by atoms with E-state index in [1.807, 2.05) is 0 Å². The van der Waals surface area contributed by atoms with E-state index in [4.69, 9.17) is 9.73 Å². The van der Waals surface area contributed by atoms with E-state index in [9.17, 15) is 0 Å². The van der Waals surface area contributed by atoms with E-state index in [1.54, 1.807) is 0 Å². The molecular formula is C22H32IN3O. The van der Waals surface area contributed by atoms with Gasteiger partial charge in [0.05, 0.1) is 12.6 Å². The average molecular weight is 481 g/mol. The summed E-state index contributed by atoms with van der Waals surface area (Å²) in [5.41, 5.74) is 2.12. The highest BCUT2D eigenvalue weighted by Gasteiger charge is 2.66. The number of ether oxygens (including phenoxy) is 1. The van der Waals surface area contributed by atoms with Gasteiger partial charge in [0, 0.05) is 35.9 Å². The molecule has 1 heterocycles. The monoisotopic (exact) mass is 481 g/mol. The van der Waals surface area contributed by atoms with Crippen molar-refractivity contribution in [3.63, 3.8) is 0 Å². The Kier molecular flexibility index (Phi) is 5.45. The van der Waals surface area contributed by atoms with Gasteiger partial charge in [-0.2, -0.15) is 0 Å². The molecule has 3 atom stereocenters. The van der Waals surface area contributed by atoms with E-state index in [0.29, 0.717) is 23.5 Å². The van der Waals surface area contributed by atoms with Crippen molar-refractivity contribution >= 4 is 29.9 Å². The third-order valence-corrected chi connectivity index (χ3v) is 7.45. The van der Waals surface area contributed by atoms with Crippen molar-refractivity contribution in [2.75, 3.05) is 19.7 Å². The number of rotatable bonds is 5. The molecule has 1 saturated heterocycles. The highest BCUT2D eigenvalue weighted by Crippen LogP contribution is 2.62. The van der Waals surface area contributed by atoms with E-state index in [0.717, 1.165) is 25.7 Å². The lowest BCUT2D eigenvalue weighted by Crippen LogP contribution is -2.72. The summed E-state index contributed by atoms with van der Waals surface area (Å²) in [6.45, 7) is 4.90. The van der Waals surface area contributed by atoms with Gasteiger partial charge in [-0.3, -0.25) is 4.99 Å². The second kappa shape index (κ2) is 7.54. The van der Waals surface area contributed by atoms with E-state index < -0.39 is 0 Å². The van der Waals surface area contributed by atoms with Crippen molar-refractivity contribution in [2.24, 2.45) is 16.3 Å². The number of aliphatic imine (C=N–C) groups is 1. The Morgan fingerprint density at radius 3 is 2.59 bits per heavy atom. The van der Waals surface area contributed by atoms with Crippen molar-refractivity contribution < 1.29 is 4.74 Å². The quantitative estimate of drug-likeness (QED) is 0.382. The van der Waals surface area contributed by atoms with Crippen LogP contribution in [0.3, 0.4) is 0 Å². The number of hydrogen-bond acceptors (Lipinski definition) is 2. The first kappa shape index (κ1) is 19.5. The van der Waals surface area contributed by atoms with Crippen LogP contribution in [0.2, 0.25) is 0 Å². The predicted molar refractivity (Wildman–Crippen MR) is 120 cm³/mol. The van der Waals surface area contributed by atoms with Crippen molar-refractivity contribution in [1.82, 2.24) is 10.6 Å². The van der Waals surface area contributed by atoms with E-state index in [2.05, 4.69) is 47.9 Å². The van der Waals surface area contributed by atoms with Crippen LogP contribution in [-0.4, -0.2) is 37.8 Å². The van der Waals surface area contributed by atoms with Gasteiger partial charge < -0.3 is 15.4 Å². The zero-order chi connectivity index (χ0) is 17.6. The van der Waals surface area contributed by atoms with Gasteiger partial charge in [0.2, 0.25) is 0 Å². The van der Waals surface area contributed by atoms with Gasteiger partial charge in [-0.1, -0.05) is 36.8 Å². The number of nitrogens with zero attached hydrogens (tertiary/aromatic N) is 1. The smallest absolute Gasteiger partial charge is 0.191 e. The lowest BCUT2D eigenvalue weighted by Gasteiger charge is -2.63. The first-order chi connectivity index (χ1) is 12.8. The van der Waals surface area contributed by atoms with Crippen LogP contribution in [0.1, 0.15) is 51.0 Å². The lowest BCUT2D eigenvalue weighted by atomic mass is 9.46. The number of guanidine groups is 1. The molecule has 4 fully saturated rings. The summed E-state index contributed by atoms with van der Waals surface area (Å²) in [5.74, 6) is 1.69. The minimum Gasteiger partial charge on any atom is -0.377 e. The summed E-state index contributed by atoms with van der Waals surface area (Å²) >= 11 is 0. The maximum atomic E-state index is 6.06. The molecule has 148 valence electrons. The van der Waals surface area contributed by atoms with Gasteiger partial charge >= 0.3 is 0 Å². The highest BCUT2D eigenvalue weighted by molar-refractivity contribution is 14.0. The van der Waals surface area contributed by atoms with Crippen LogP contribution in [0.4, 0.5) is 0 Å². The topological polar surface area (TPSA) is 45.7 Å². The lowest BCUT2D eigenvalue weighted by molar-refractivity contribution is -0.171. The minimum atomic E-state index is 0. The largest absolute Gasteiger partial charge is 0.377 e. The summed E-state index contributed by atoms with van der Waals surface area (Å²) in [6.07, 6.45) is 8.22. The third-order valence-electron chi connectivity index (χ3n) is 7.45. The van der Waals surface area contributed by atoms with Gasteiger partial charge in [-0.15, -0.1) is 24.0 Å². The Hall–Kier alpha value is -0.820. The molecule has 2 N–H and O–H groups in total. The maximum Gasteiger partial charge on any atom is 0.191 e. The summed E-state index contributed by atoms with van der Waals surface area (Å²) in [7, 11) is 0. The normalized spacial score (nSPS) is 31.9. The molecule has 4 aliphatic rings. The molecule has 5 heteroatoms. The fraction of sp³-hybridized carbons (Fsp3) is 0.682. The summed E-state index contributed by atoms with van der Waals surface area (Å²) in [6, 6.07) is 11.5. The van der Waals surface area contributed by atoms with Gasteiger partial charge in [0.15, 0.2) is 5.96 Å². The van der Waals surface area contributed by atoms with Crippen molar-refractivity contribution in [2.45, 2.75) is 63.0 Å². The van der Waals surface area contributed by atoms with Crippen LogP contribution in [0, 0.1) is 11.3 Å². The molecule has 0 aromatic heterocycles. The number of benzene rings is 1. The molecule has 0 bridgehead atoms. The van der Waals surface area contributed by atoms with Crippen LogP contribution in [0.25, 0.3) is 0 Å². The molecule has 0 amide bonds. The van der Waals surface area contributed by atoms with Crippen molar-refractivity contribution in [3.8, 4) is 0 Å². The highest BCUT2D eigenvalue weighted by atomic mass is 127. The van der Waals surface area contributed by atoms with Crippen LogP contribution >= 0.6 is 24.0 Å². The molecule has 1 spiro atoms. The van der Waals surface area contributed by atoms with E-state index >= 15 is 0 Å². The fourth-order valence-corrected chi connectivity index (χ4v) is 5.63. The second-order valence-electron chi connectivity index (χ2n) is 8.79. The molecule has 1 aliphatic heterocycles. The molecule has 4 nitrogen and oxygen atoms in total. The molecule has 5 rings (SSSR count). The summed E-state index contributed by atoms with van der Waals surface area (Å²) < 4.78 is 6.06. The van der Waals surface area contributed by atoms with Crippen LogP contribution in [0.15, 0.2) is 35.3 Å². The second-order valence-corrected chi connectivity index (χ2v) is 8.79. The maximum absolute atomic E-state index is 6.06.